The number of nitrogens with one attached hydrogen (secondary N) is 1. The van der Waals surface area contributed by atoms with Gasteiger partial charge < -0.3 is 10.2 Å². The van der Waals surface area contributed by atoms with E-state index in [1.54, 1.807) is 23.2 Å². The molecule has 8 nitrogen and oxygen atoms in total. The number of likely N-dealkylation sites (N-methyl/N-ethyl adjacent to an activating group) is 1. The highest BCUT2D eigenvalue weighted by Crippen LogP contribution is 2.37. The molecule has 0 fully saturated rings. The largest absolute Gasteiger partial charge is 0.324 e. The van der Waals surface area contributed by atoms with E-state index in [4.69, 9.17) is 4.98 Å². The molecule has 0 saturated carbocycles. The van der Waals surface area contributed by atoms with Crippen LogP contribution in [0, 0.1) is 6.92 Å². The van der Waals surface area contributed by atoms with E-state index in [9.17, 15) is 4.79 Å². The second-order valence-electron chi connectivity index (χ2n) is 12.1. The molecule has 8 heteroatoms. The van der Waals surface area contributed by atoms with Gasteiger partial charge in [-0.15, -0.1) is 6.58 Å². The maximum Gasteiger partial charge on any atom is 0.278 e. The van der Waals surface area contributed by atoms with Gasteiger partial charge >= 0.3 is 0 Å². The zero-order valence-corrected chi connectivity index (χ0v) is 23.5. The first-order valence-corrected chi connectivity index (χ1v) is 13.0. The molecular weight excluding hydrogens is 474 g/mol. The summed E-state index contributed by atoms with van der Waals surface area (Å²) in [7, 11) is 2.16. The number of anilines is 2. The van der Waals surface area contributed by atoms with Crippen LogP contribution in [0.5, 0.6) is 0 Å². The number of fused-ring (bicyclic) bond motifs is 2. The molecule has 1 aromatic carbocycles. The van der Waals surface area contributed by atoms with E-state index in [-0.39, 0.29) is 16.4 Å². The Balaban J connectivity index is 1.62. The summed E-state index contributed by atoms with van der Waals surface area (Å²) in [6, 6.07) is 8.27. The van der Waals surface area contributed by atoms with Crippen LogP contribution >= 0.6 is 0 Å². The van der Waals surface area contributed by atoms with Gasteiger partial charge in [-0.25, -0.2) is 14.3 Å². The number of nitrogens with zero attached hydrogens (tertiary/aromatic N) is 6. The number of aromatic nitrogens is 5. The van der Waals surface area contributed by atoms with Crippen molar-refractivity contribution in [3.63, 3.8) is 0 Å². The van der Waals surface area contributed by atoms with Gasteiger partial charge in [-0.3, -0.25) is 9.78 Å². The van der Waals surface area contributed by atoms with Crippen LogP contribution in [0.25, 0.3) is 16.7 Å². The molecule has 4 heterocycles. The van der Waals surface area contributed by atoms with Crippen LogP contribution in [0.4, 0.5) is 11.6 Å². The van der Waals surface area contributed by atoms with Crippen LogP contribution < -0.4 is 10.9 Å². The molecule has 1 aliphatic heterocycles. The maximum atomic E-state index is 13.3. The van der Waals surface area contributed by atoms with Crippen molar-refractivity contribution >= 4 is 22.7 Å². The molecule has 1 N–H and O–H groups in total. The summed E-state index contributed by atoms with van der Waals surface area (Å²) < 4.78 is 3.48. The molecule has 0 aliphatic carbocycles. The summed E-state index contributed by atoms with van der Waals surface area (Å²) >= 11 is 0. The van der Waals surface area contributed by atoms with E-state index in [2.05, 4.69) is 87.5 Å². The SMILES string of the molecule is C=CCn1c(=O)c2cnc(Nc3cc(C)c4c(c3)CN(C)CC4(C)C)nc2n1-c1ccnc(C(C)(C)C)c1. The van der Waals surface area contributed by atoms with Gasteiger partial charge in [-0.2, -0.15) is 4.98 Å². The quantitative estimate of drug-likeness (QED) is 0.369. The summed E-state index contributed by atoms with van der Waals surface area (Å²) in [6.45, 7) is 19.3. The Labute approximate surface area is 224 Å². The maximum absolute atomic E-state index is 13.3. The van der Waals surface area contributed by atoms with Crippen LogP contribution in [0.1, 0.15) is 57.0 Å². The molecule has 3 aromatic heterocycles. The lowest BCUT2D eigenvalue weighted by atomic mass is 9.76. The number of pyridine rings is 1. The van der Waals surface area contributed by atoms with E-state index in [1.807, 2.05) is 16.8 Å². The smallest absolute Gasteiger partial charge is 0.278 e. The molecule has 0 atom stereocenters. The lowest BCUT2D eigenvalue weighted by molar-refractivity contribution is 0.235. The van der Waals surface area contributed by atoms with Gasteiger partial charge in [0.1, 0.15) is 5.39 Å². The number of benzene rings is 1. The monoisotopic (exact) mass is 511 g/mol. The lowest BCUT2D eigenvalue weighted by Crippen LogP contribution is -2.40. The van der Waals surface area contributed by atoms with Crippen LogP contribution in [0.2, 0.25) is 0 Å². The second-order valence-corrected chi connectivity index (χ2v) is 12.1. The molecule has 0 spiro atoms. The topological polar surface area (TPSA) is 80.9 Å². The Bertz CT molecular complexity index is 1600. The van der Waals surface area contributed by atoms with Crippen molar-refractivity contribution in [2.24, 2.45) is 0 Å². The predicted octanol–water partition coefficient (Wildman–Crippen LogP) is 5.24. The first-order chi connectivity index (χ1) is 17.9. The van der Waals surface area contributed by atoms with Gasteiger partial charge in [-0.05, 0) is 54.9 Å². The molecule has 0 amide bonds. The molecular formula is C30H37N7O. The number of rotatable bonds is 5. The van der Waals surface area contributed by atoms with Gasteiger partial charge in [0, 0.05) is 47.7 Å². The van der Waals surface area contributed by atoms with Crippen molar-refractivity contribution in [1.29, 1.82) is 0 Å². The van der Waals surface area contributed by atoms with E-state index in [0.717, 1.165) is 30.2 Å². The van der Waals surface area contributed by atoms with Crippen molar-refractivity contribution in [3.05, 3.63) is 82.1 Å². The third-order valence-corrected chi connectivity index (χ3v) is 7.19. The van der Waals surface area contributed by atoms with Crippen molar-refractivity contribution in [2.45, 2.75) is 65.5 Å². The molecule has 0 unspecified atom stereocenters. The van der Waals surface area contributed by atoms with Crippen LogP contribution in [-0.2, 0) is 23.9 Å². The zero-order valence-electron chi connectivity index (χ0n) is 23.5. The van der Waals surface area contributed by atoms with Gasteiger partial charge in [0.25, 0.3) is 5.56 Å². The van der Waals surface area contributed by atoms with Crippen LogP contribution in [0.3, 0.4) is 0 Å². The number of aryl methyl sites for hydroxylation is 1. The van der Waals surface area contributed by atoms with E-state index in [0.29, 0.717) is 23.5 Å². The van der Waals surface area contributed by atoms with Crippen molar-refractivity contribution in [3.8, 4) is 5.69 Å². The number of hydrogen-bond donors (Lipinski definition) is 1. The summed E-state index contributed by atoms with van der Waals surface area (Å²) in [4.78, 5) is 29.6. The normalized spacial score (nSPS) is 15.4. The Morgan fingerprint density at radius 3 is 2.66 bits per heavy atom. The Morgan fingerprint density at radius 1 is 1.18 bits per heavy atom. The fourth-order valence-corrected chi connectivity index (χ4v) is 5.85. The first-order valence-electron chi connectivity index (χ1n) is 13.0. The van der Waals surface area contributed by atoms with Crippen LogP contribution in [-0.4, -0.2) is 42.8 Å². The number of hydrogen-bond acceptors (Lipinski definition) is 6. The summed E-state index contributed by atoms with van der Waals surface area (Å²) in [6.07, 6.45) is 5.10. The Morgan fingerprint density at radius 2 is 1.95 bits per heavy atom. The fraction of sp³-hybridized carbons (Fsp3) is 0.400. The van der Waals surface area contributed by atoms with E-state index < -0.39 is 0 Å². The minimum Gasteiger partial charge on any atom is -0.324 e. The molecule has 5 rings (SSSR count). The minimum atomic E-state index is -0.157. The first kappa shape index (κ1) is 25.9. The summed E-state index contributed by atoms with van der Waals surface area (Å²) in [5.74, 6) is 0.440. The number of allylic oxidation sites excluding steroid dienone is 1. The summed E-state index contributed by atoms with van der Waals surface area (Å²) in [5.41, 5.74) is 6.99. The summed E-state index contributed by atoms with van der Waals surface area (Å²) in [5, 5.41) is 3.86. The third-order valence-electron chi connectivity index (χ3n) is 7.19. The third kappa shape index (κ3) is 4.53. The van der Waals surface area contributed by atoms with Crippen molar-refractivity contribution in [2.75, 3.05) is 18.9 Å². The fourth-order valence-electron chi connectivity index (χ4n) is 5.85. The predicted molar refractivity (Wildman–Crippen MR) is 154 cm³/mol. The van der Waals surface area contributed by atoms with Crippen molar-refractivity contribution < 1.29 is 0 Å². The highest BCUT2D eigenvalue weighted by atomic mass is 16.1. The van der Waals surface area contributed by atoms with Gasteiger partial charge in [0.15, 0.2) is 5.65 Å². The molecule has 0 bridgehead atoms. The van der Waals surface area contributed by atoms with Gasteiger partial charge in [0.05, 0.1) is 12.2 Å². The van der Waals surface area contributed by atoms with Gasteiger partial charge in [-0.1, -0.05) is 40.7 Å². The molecule has 1 aliphatic rings. The van der Waals surface area contributed by atoms with E-state index in [1.165, 1.54) is 16.7 Å². The average Bonchev–Trinajstić information content (AvgIpc) is 3.08. The second kappa shape index (κ2) is 9.20. The minimum absolute atomic E-state index is 0.0843. The van der Waals surface area contributed by atoms with Crippen molar-refractivity contribution in [1.82, 2.24) is 29.2 Å². The van der Waals surface area contributed by atoms with E-state index >= 15 is 0 Å². The standard InChI is InChI=1S/C30H37N7O/c1-9-12-36-27(38)23-16-32-28(34-26(23)37(36)22-10-11-31-24(15-22)29(3,4)5)33-21-13-19(2)25-20(14-21)17-35(8)18-30(25,6)7/h9-11,13-16H,1,12,17-18H2,2-8H3,(H,32,33,34). The Kier molecular flexibility index (Phi) is 6.26. The highest BCUT2D eigenvalue weighted by molar-refractivity contribution is 5.77. The Hall–Kier alpha value is -3.78. The zero-order chi connectivity index (χ0) is 27.4. The lowest BCUT2D eigenvalue weighted by Gasteiger charge is -2.39. The van der Waals surface area contributed by atoms with Gasteiger partial charge in [0.2, 0.25) is 5.95 Å². The van der Waals surface area contributed by atoms with Crippen LogP contribution in [0.15, 0.2) is 54.1 Å². The molecule has 38 heavy (non-hydrogen) atoms. The highest BCUT2D eigenvalue weighted by Gasteiger charge is 2.32. The molecule has 0 saturated heterocycles. The average molecular weight is 512 g/mol. The molecule has 198 valence electrons. The molecule has 4 aromatic rings. The molecule has 0 radical (unpaired) electrons.